The summed E-state index contributed by atoms with van der Waals surface area (Å²) in [7, 11) is 0. The van der Waals surface area contributed by atoms with Crippen LogP contribution < -0.4 is 16.8 Å². The summed E-state index contributed by atoms with van der Waals surface area (Å²) in [5.74, 6) is -0.463. The van der Waals surface area contributed by atoms with Crippen molar-refractivity contribution in [3.8, 4) is 0 Å². The SMILES string of the molecule is CC(Nc1cc(N)ccc1C(N)=O)c1ccsc1. The average Bonchev–Trinajstić information content (AvgIpc) is 2.81. The lowest BCUT2D eigenvalue weighted by molar-refractivity contribution is 0.100. The van der Waals surface area contributed by atoms with Crippen LogP contribution in [0, 0.1) is 0 Å². The number of amides is 1. The first-order chi connectivity index (χ1) is 8.58. The van der Waals surface area contributed by atoms with Gasteiger partial charge in [-0.25, -0.2) is 0 Å². The van der Waals surface area contributed by atoms with E-state index < -0.39 is 5.91 Å². The molecule has 0 saturated heterocycles. The molecule has 94 valence electrons. The van der Waals surface area contributed by atoms with Crippen LogP contribution in [0.3, 0.4) is 0 Å². The molecule has 0 saturated carbocycles. The summed E-state index contributed by atoms with van der Waals surface area (Å²) in [5.41, 5.74) is 14.0. The van der Waals surface area contributed by atoms with Crippen molar-refractivity contribution in [2.75, 3.05) is 11.1 Å². The van der Waals surface area contributed by atoms with Crippen LogP contribution in [0.1, 0.15) is 28.9 Å². The third kappa shape index (κ3) is 2.62. The van der Waals surface area contributed by atoms with E-state index in [4.69, 9.17) is 11.5 Å². The summed E-state index contributed by atoms with van der Waals surface area (Å²) >= 11 is 1.64. The van der Waals surface area contributed by atoms with Crippen LogP contribution in [-0.2, 0) is 0 Å². The van der Waals surface area contributed by atoms with E-state index in [2.05, 4.69) is 10.7 Å². The zero-order valence-electron chi connectivity index (χ0n) is 10.0. The Kier molecular flexibility index (Phi) is 3.53. The highest BCUT2D eigenvalue weighted by atomic mass is 32.1. The number of carbonyl (C=O) groups is 1. The van der Waals surface area contributed by atoms with Crippen LogP contribution in [0.4, 0.5) is 11.4 Å². The minimum Gasteiger partial charge on any atom is -0.399 e. The highest BCUT2D eigenvalue weighted by molar-refractivity contribution is 7.07. The molecule has 0 aliphatic carbocycles. The van der Waals surface area contributed by atoms with E-state index >= 15 is 0 Å². The van der Waals surface area contributed by atoms with Gasteiger partial charge < -0.3 is 16.8 Å². The minimum absolute atomic E-state index is 0.0937. The Balaban J connectivity index is 2.28. The number of thiophene rings is 1. The molecule has 2 rings (SSSR count). The van der Waals surface area contributed by atoms with Crippen LogP contribution in [-0.4, -0.2) is 5.91 Å². The number of nitrogen functional groups attached to an aromatic ring is 1. The zero-order valence-corrected chi connectivity index (χ0v) is 10.8. The first kappa shape index (κ1) is 12.4. The van der Waals surface area contributed by atoms with Crippen molar-refractivity contribution in [2.45, 2.75) is 13.0 Å². The molecule has 1 amide bonds. The number of anilines is 2. The first-order valence-electron chi connectivity index (χ1n) is 5.56. The van der Waals surface area contributed by atoms with Crippen LogP contribution in [0.2, 0.25) is 0 Å². The zero-order chi connectivity index (χ0) is 13.1. The number of nitrogens with two attached hydrogens (primary N) is 2. The van der Waals surface area contributed by atoms with Gasteiger partial charge in [0.2, 0.25) is 0 Å². The maximum absolute atomic E-state index is 11.3. The number of hydrogen-bond acceptors (Lipinski definition) is 4. The molecule has 0 spiro atoms. The van der Waals surface area contributed by atoms with Gasteiger partial charge in [-0.1, -0.05) is 0 Å². The Bertz CT molecular complexity index is 551. The number of primary amides is 1. The van der Waals surface area contributed by atoms with Gasteiger partial charge in [-0.3, -0.25) is 4.79 Å². The van der Waals surface area contributed by atoms with Crippen molar-refractivity contribution in [2.24, 2.45) is 5.73 Å². The van der Waals surface area contributed by atoms with Crippen LogP contribution >= 0.6 is 11.3 Å². The fourth-order valence-corrected chi connectivity index (χ4v) is 2.49. The second kappa shape index (κ2) is 5.10. The number of hydrogen-bond donors (Lipinski definition) is 3. The van der Waals surface area contributed by atoms with Crippen molar-refractivity contribution in [3.63, 3.8) is 0 Å². The van der Waals surface area contributed by atoms with Crippen LogP contribution in [0.15, 0.2) is 35.0 Å². The molecule has 5 N–H and O–H groups in total. The second-order valence-electron chi connectivity index (χ2n) is 4.09. The van der Waals surface area contributed by atoms with Crippen molar-refractivity contribution < 1.29 is 4.79 Å². The maximum Gasteiger partial charge on any atom is 0.250 e. The van der Waals surface area contributed by atoms with E-state index in [9.17, 15) is 4.79 Å². The number of benzene rings is 1. The quantitative estimate of drug-likeness (QED) is 0.740. The Morgan fingerprint density at radius 3 is 2.78 bits per heavy atom. The number of carbonyl (C=O) groups excluding carboxylic acids is 1. The smallest absolute Gasteiger partial charge is 0.250 e. The lowest BCUT2D eigenvalue weighted by atomic mass is 10.1. The molecule has 0 bridgehead atoms. The van der Waals surface area contributed by atoms with Gasteiger partial charge in [-0.15, -0.1) is 0 Å². The molecule has 1 heterocycles. The fraction of sp³-hybridized carbons (Fsp3) is 0.154. The van der Waals surface area contributed by atoms with Crippen molar-refractivity contribution in [3.05, 3.63) is 46.2 Å². The molecule has 5 heteroatoms. The van der Waals surface area contributed by atoms with Gasteiger partial charge in [0, 0.05) is 17.4 Å². The largest absolute Gasteiger partial charge is 0.399 e. The van der Waals surface area contributed by atoms with Gasteiger partial charge in [-0.05, 0) is 47.5 Å². The predicted octanol–water partition coefficient (Wildman–Crippen LogP) is 2.60. The molecule has 1 aromatic heterocycles. The standard InChI is InChI=1S/C13H15N3OS/c1-8(9-4-5-18-7-9)16-12-6-10(14)2-3-11(12)13(15)17/h2-8,16H,14H2,1H3,(H2,15,17). The molecule has 0 radical (unpaired) electrons. The molecular formula is C13H15N3OS. The third-order valence-corrected chi connectivity index (χ3v) is 3.43. The molecule has 2 aromatic rings. The Morgan fingerprint density at radius 1 is 1.39 bits per heavy atom. The number of nitrogens with one attached hydrogen (secondary N) is 1. The summed E-state index contributed by atoms with van der Waals surface area (Å²) in [5, 5.41) is 7.34. The van der Waals surface area contributed by atoms with Gasteiger partial charge in [0.15, 0.2) is 0 Å². The summed E-state index contributed by atoms with van der Waals surface area (Å²) in [6.45, 7) is 2.02. The summed E-state index contributed by atoms with van der Waals surface area (Å²) in [6, 6.07) is 7.17. The maximum atomic E-state index is 11.3. The highest BCUT2D eigenvalue weighted by Crippen LogP contribution is 2.25. The summed E-state index contributed by atoms with van der Waals surface area (Å²) in [6.07, 6.45) is 0. The molecule has 1 atom stereocenters. The van der Waals surface area contributed by atoms with Gasteiger partial charge >= 0.3 is 0 Å². The number of rotatable bonds is 4. The Labute approximate surface area is 110 Å². The van der Waals surface area contributed by atoms with E-state index in [1.54, 1.807) is 29.5 Å². The van der Waals surface area contributed by atoms with Gasteiger partial charge in [-0.2, -0.15) is 11.3 Å². The molecular weight excluding hydrogens is 246 g/mol. The van der Waals surface area contributed by atoms with Gasteiger partial charge in [0.25, 0.3) is 5.91 Å². The third-order valence-electron chi connectivity index (χ3n) is 2.72. The Hall–Kier alpha value is -2.01. The van der Waals surface area contributed by atoms with Crippen LogP contribution in [0.25, 0.3) is 0 Å². The minimum atomic E-state index is -0.463. The fourth-order valence-electron chi connectivity index (χ4n) is 1.73. The van der Waals surface area contributed by atoms with E-state index in [1.807, 2.05) is 18.4 Å². The van der Waals surface area contributed by atoms with Crippen molar-refractivity contribution in [1.29, 1.82) is 0 Å². The first-order valence-corrected chi connectivity index (χ1v) is 6.50. The predicted molar refractivity (Wildman–Crippen MR) is 75.7 cm³/mol. The van der Waals surface area contributed by atoms with E-state index in [0.717, 1.165) is 5.56 Å². The molecule has 4 nitrogen and oxygen atoms in total. The molecule has 18 heavy (non-hydrogen) atoms. The molecule has 0 fully saturated rings. The molecule has 1 aromatic carbocycles. The van der Waals surface area contributed by atoms with E-state index in [1.165, 1.54) is 0 Å². The lowest BCUT2D eigenvalue weighted by Gasteiger charge is -2.16. The molecule has 0 aliphatic heterocycles. The summed E-state index contributed by atoms with van der Waals surface area (Å²) in [4.78, 5) is 11.3. The monoisotopic (exact) mass is 261 g/mol. The Morgan fingerprint density at radius 2 is 2.17 bits per heavy atom. The van der Waals surface area contributed by atoms with Gasteiger partial charge in [0.1, 0.15) is 0 Å². The average molecular weight is 261 g/mol. The van der Waals surface area contributed by atoms with E-state index in [-0.39, 0.29) is 6.04 Å². The van der Waals surface area contributed by atoms with Crippen LogP contribution in [0.5, 0.6) is 0 Å². The topological polar surface area (TPSA) is 81.1 Å². The van der Waals surface area contributed by atoms with Crippen molar-refractivity contribution >= 4 is 28.6 Å². The highest BCUT2D eigenvalue weighted by Gasteiger charge is 2.12. The van der Waals surface area contributed by atoms with E-state index in [0.29, 0.717) is 16.9 Å². The van der Waals surface area contributed by atoms with Crippen molar-refractivity contribution in [1.82, 2.24) is 0 Å². The summed E-state index contributed by atoms with van der Waals surface area (Å²) < 4.78 is 0. The lowest BCUT2D eigenvalue weighted by Crippen LogP contribution is -2.16. The second-order valence-corrected chi connectivity index (χ2v) is 4.87. The molecule has 1 unspecified atom stereocenters. The molecule has 0 aliphatic rings. The van der Waals surface area contributed by atoms with Gasteiger partial charge in [0.05, 0.1) is 5.56 Å². The normalized spacial score (nSPS) is 12.1.